The summed E-state index contributed by atoms with van der Waals surface area (Å²) < 4.78 is 11.8. The van der Waals surface area contributed by atoms with Gasteiger partial charge in [-0.2, -0.15) is 0 Å². The van der Waals surface area contributed by atoms with E-state index in [-0.39, 0.29) is 17.9 Å². The van der Waals surface area contributed by atoms with Gasteiger partial charge < -0.3 is 30.0 Å². The summed E-state index contributed by atoms with van der Waals surface area (Å²) in [5.41, 5.74) is 3.99. The number of H-pyrrole nitrogens is 1. The highest BCUT2D eigenvalue weighted by atomic mass is 35.5. The fraction of sp³-hybridized carbons (Fsp3) is 0.296. The SMILES string of the molecule is C=CC(=O)N1CCC[C@@H]1COc1cnccc1-c1[nH]c2c(c1Nc1cccc(Cl)c1OC)C(=O)NCC2. The summed E-state index contributed by atoms with van der Waals surface area (Å²) in [5.74, 6) is 0.747. The highest BCUT2D eigenvalue weighted by Crippen LogP contribution is 2.43. The van der Waals surface area contributed by atoms with Crippen LogP contribution in [0, 0.1) is 0 Å². The maximum atomic E-state index is 13.0. The second-order valence-electron chi connectivity index (χ2n) is 8.89. The number of likely N-dealkylation sites (tertiary alicyclic amines) is 1. The first kappa shape index (κ1) is 24.7. The number of methoxy groups -OCH3 is 1. The van der Waals surface area contributed by atoms with Crippen molar-refractivity contribution in [3.05, 3.63) is 65.6 Å². The summed E-state index contributed by atoms with van der Waals surface area (Å²) >= 11 is 6.36. The van der Waals surface area contributed by atoms with E-state index in [1.54, 1.807) is 30.5 Å². The minimum absolute atomic E-state index is 0.0468. The van der Waals surface area contributed by atoms with Crippen LogP contribution >= 0.6 is 11.6 Å². The molecule has 9 nitrogen and oxygen atoms in total. The zero-order valence-electron chi connectivity index (χ0n) is 20.5. The molecule has 10 heteroatoms. The van der Waals surface area contributed by atoms with Crippen molar-refractivity contribution in [2.24, 2.45) is 0 Å². The molecule has 192 valence electrons. The summed E-state index contributed by atoms with van der Waals surface area (Å²) in [6, 6.07) is 7.18. The molecule has 1 fully saturated rings. The molecular weight excluding hydrogens is 494 g/mol. The lowest BCUT2D eigenvalue weighted by molar-refractivity contribution is -0.127. The van der Waals surface area contributed by atoms with Gasteiger partial charge >= 0.3 is 0 Å². The number of amides is 2. The van der Waals surface area contributed by atoms with Crippen LogP contribution in [0.5, 0.6) is 11.5 Å². The van der Waals surface area contributed by atoms with Gasteiger partial charge in [0.2, 0.25) is 5.91 Å². The first-order valence-corrected chi connectivity index (χ1v) is 12.5. The van der Waals surface area contributed by atoms with E-state index < -0.39 is 0 Å². The third kappa shape index (κ3) is 4.74. The van der Waals surface area contributed by atoms with Crippen molar-refractivity contribution < 1.29 is 19.1 Å². The average molecular weight is 522 g/mol. The van der Waals surface area contributed by atoms with Crippen molar-refractivity contribution in [1.29, 1.82) is 0 Å². The number of aromatic amines is 1. The Bertz CT molecular complexity index is 1350. The van der Waals surface area contributed by atoms with Gasteiger partial charge in [-0.05, 0) is 37.1 Å². The standard InChI is InChI=1S/C27H28ClN5O4/c1-3-22(34)33-13-5-6-16(33)15-37-21-14-29-11-9-17(21)24-25(23-19(31-24)10-12-30-27(23)35)32-20-8-4-7-18(28)26(20)36-2/h3-4,7-9,11,14,16,31-32H,1,5-6,10,12-13,15H2,2H3,(H,30,35)/t16-/m1/s1. The number of fused-ring (bicyclic) bond motifs is 1. The van der Waals surface area contributed by atoms with Gasteiger partial charge in [-0.25, -0.2) is 0 Å². The summed E-state index contributed by atoms with van der Waals surface area (Å²) in [7, 11) is 1.55. The molecule has 37 heavy (non-hydrogen) atoms. The van der Waals surface area contributed by atoms with Gasteiger partial charge in [0.1, 0.15) is 12.4 Å². The molecule has 5 rings (SSSR count). The molecule has 1 aromatic carbocycles. The Hall–Kier alpha value is -3.98. The van der Waals surface area contributed by atoms with E-state index in [2.05, 4.69) is 27.2 Å². The first-order chi connectivity index (χ1) is 18.0. The molecule has 0 unspecified atom stereocenters. The van der Waals surface area contributed by atoms with E-state index in [4.69, 9.17) is 21.1 Å². The van der Waals surface area contributed by atoms with E-state index in [0.29, 0.717) is 65.3 Å². The molecule has 0 radical (unpaired) electrons. The number of nitrogens with zero attached hydrogens (tertiary/aromatic N) is 2. The zero-order chi connectivity index (χ0) is 25.9. The van der Waals surface area contributed by atoms with Crippen LogP contribution in [0.2, 0.25) is 5.02 Å². The molecule has 0 bridgehead atoms. The number of nitrogens with one attached hydrogen (secondary N) is 3. The second-order valence-corrected chi connectivity index (χ2v) is 9.30. The molecule has 1 saturated heterocycles. The van der Waals surface area contributed by atoms with E-state index >= 15 is 0 Å². The molecule has 0 saturated carbocycles. The summed E-state index contributed by atoms with van der Waals surface area (Å²) in [5, 5.41) is 6.75. The molecule has 0 spiro atoms. The van der Waals surface area contributed by atoms with Crippen LogP contribution in [-0.2, 0) is 11.2 Å². The fourth-order valence-electron chi connectivity index (χ4n) is 4.96. The van der Waals surface area contributed by atoms with E-state index in [1.165, 1.54) is 6.08 Å². The Kier molecular flexibility index (Phi) is 7.05. The van der Waals surface area contributed by atoms with Crippen molar-refractivity contribution >= 4 is 34.8 Å². The number of halogens is 1. The highest BCUT2D eigenvalue weighted by Gasteiger charge is 2.30. The van der Waals surface area contributed by atoms with Crippen molar-refractivity contribution in [3.63, 3.8) is 0 Å². The number of ether oxygens (including phenoxy) is 2. The van der Waals surface area contributed by atoms with Gasteiger partial charge in [-0.3, -0.25) is 14.6 Å². The van der Waals surface area contributed by atoms with Crippen molar-refractivity contribution in [2.75, 3.05) is 32.1 Å². The highest BCUT2D eigenvalue weighted by molar-refractivity contribution is 6.32. The third-order valence-corrected chi connectivity index (χ3v) is 7.01. The van der Waals surface area contributed by atoms with Crippen LogP contribution in [0.25, 0.3) is 11.3 Å². The molecule has 2 amide bonds. The summed E-state index contributed by atoms with van der Waals surface area (Å²) in [6.07, 6.45) is 7.09. The maximum absolute atomic E-state index is 13.0. The molecule has 3 aromatic rings. The number of rotatable bonds is 8. The number of carbonyl (C=O) groups excluding carboxylic acids is 2. The molecule has 0 aliphatic carbocycles. The van der Waals surface area contributed by atoms with Crippen LogP contribution in [0.3, 0.4) is 0 Å². The molecule has 3 N–H and O–H groups in total. The normalized spacial score (nSPS) is 16.6. The minimum atomic E-state index is -0.173. The number of carbonyl (C=O) groups is 2. The Morgan fingerprint density at radius 1 is 1.38 bits per heavy atom. The second kappa shape index (κ2) is 10.6. The Morgan fingerprint density at radius 2 is 2.24 bits per heavy atom. The van der Waals surface area contributed by atoms with Gasteiger partial charge in [0.15, 0.2) is 5.75 Å². The van der Waals surface area contributed by atoms with E-state index in [1.807, 2.05) is 18.2 Å². The predicted molar refractivity (Wildman–Crippen MR) is 142 cm³/mol. The molecule has 2 aromatic heterocycles. The molecule has 2 aliphatic rings. The molecule has 1 atom stereocenters. The van der Waals surface area contributed by atoms with Crippen LogP contribution in [0.1, 0.15) is 28.9 Å². The lowest BCUT2D eigenvalue weighted by Crippen LogP contribution is -2.38. The van der Waals surface area contributed by atoms with Gasteiger partial charge in [0.25, 0.3) is 5.91 Å². The van der Waals surface area contributed by atoms with Gasteiger partial charge in [-0.15, -0.1) is 0 Å². The number of pyridine rings is 1. The Morgan fingerprint density at radius 3 is 3.05 bits per heavy atom. The topological polar surface area (TPSA) is 109 Å². The van der Waals surface area contributed by atoms with Crippen molar-refractivity contribution in [2.45, 2.75) is 25.3 Å². The lowest BCUT2D eigenvalue weighted by atomic mass is 10.0. The first-order valence-electron chi connectivity index (χ1n) is 12.1. The molecule has 2 aliphatic heterocycles. The maximum Gasteiger partial charge on any atom is 0.255 e. The van der Waals surface area contributed by atoms with Crippen LogP contribution in [-0.4, -0.2) is 59.5 Å². The number of anilines is 2. The zero-order valence-corrected chi connectivity index (χ0v) is 21.2. The number of hydrogen-bond acceptors (Lipinski definition) is 6. The Labute approximate surface area is 219 Å². The largest absolute Gasteiger partial charge is 0.493 e. The smallest absolute Gasteiger partial charge is 0.255 e. The van der Waals surface area contributed by atoms with Crippen LogP contribution in [0.15, 0.2) is 49.3 Å². The molecular formula is C27H28ClN5O4. The number of hydrogen-bond donors (Lipinski definition) is 3. The van der Waals surface area contributed by atoms with Crippen molar-refractivity contribution in [1.82, 2.24) is 20.2 Å². The summed E-state index contributed by atoms with van der Waals surface area (Å²) in [6.45, 7) is 5.16. The monoisotopic (exact) mass is 521 g/mol. The lowest BCUT2D eigenvalue weighted by Gasteiger charge is -2.24. The van der Waals surface area contributed by atoms with Crippen LogP contribution in [0.4, 0.5) is 11.4 Å². The number of benzene rings is 1. The quantitative estimate of drug-likeness (QED) is 0.381. The third-order valence-electron chi connectivity index (χ3n) is 6.72. The van der Waals surface area contributed by atoms with Gasteiger partial charge in [0.05, 0.1) is 47.0 Å². The number of aromatic nitrogens is 2. The van der Waals surface area contributed by atoms with E-state index in [9.17, 15) is 9.59 Å². The fourth-order valence-corrected chi connectivity index (χ4v) is 5.21. The average Bonchev–Trinajstić information content (AvgIpc) is 3.53. The summed E-state index contributed by atoms with van der Waals surface area (Å²) in [4.78, 5) is 34.7. The molecule has 4 heterocycles. The van der Waals surface area contributed by atoms with Gasteiger partial charge in [-0.1, -0.05) is 24.2 Å². The van der Waals surface area contributed by atoms with E-state index in [0.717, 1.165) is 24.1 Å². The minimum Gasteiger partial charge on any atom is -0.493 e. The van der Waals surface area contributed by atoms with Crippen LogP contribution < -0.4 is 20.1 Å². The van der Waals surface area contributed by atoms with Crippen molar-refractivity contribution in [3.8, 4) is 22.8 Å². The predicted octanol–water partition coefficient (Wildman–Crippen LogP) is 4.32. The number of para-hydroxylation sites is 1. The van der Waals surface area contributed by atoms with Gasteiger partial charge in [0, 0.05) is 37.0 Å². The Balaban J connectivity index is 1.53.